The molecule has 0 aliphatic heterocycles. The molecule has 0 radical (unpaired) electrons. The average Bonchev–Trinajstić information content (AvgIpc) is 2.02. The van der Waals surface area contributed by atoms with Crippen molar-refractivity contribution in [2.24, 2.45) is 5.41 Å². The molecule has 1 atom stereocenters. The van der Waals surface area contributed by atoms with Crippen molar-refractivity contribution in [3.05, 3.63) is 11.6 Å². The predicted molar refractivity (Wildman–Crippen MR) is 61.9 cm³/mol. The number of aliphatic hydroxyl groups excluding tert-OH is 1. The highest BCUT2D eigenvalue weighted by atomic mass is 16.3. The lowest BCUT2D eigenvalue weighted by Crippen LogP contribution is -2.19. The van der Waals surface area contributed by atoms with Crippen LogP contribution in [0.15, 0.2) is 11.6 Å². The Bertz CT molecular complexity index is 226. The molecule has 0 bridgehead atoms. The van der Waals surface area contributed by atoms with Crippen molar-refractivity contribution >= 4 is 0 Å². The standard InChI is InChI=1S/C13H22O/c1-6-12(14)10-13(4,5)9-7-8-11(2)3/h1,8,12,14H,7,9-10H2,2-5H3. The number of hydrogen-bond acceptors (Lipinski definition) is 1. The van der Waals surface area contributed by atoms with E-state index in [1.165, 1.54) is 5.57 Å². The van der Waals surface area contributed by atoms with E-state index in [4.69, 9.17) is 6.42 Å². The summed E-state index contributed by atoms with van der Waals surface area (Å²) in [6.45, 7) is 8.49. The van der Waals surface area contributed by atoms with Gasteiger partial charge in [-0.25, -0.2) is 0 Å². The first kappa shape index (κ1) is 13.3. The van der Waals surface area contributed by atoms with E-state index in [1.54, 1.807) is 0 Å². The zero-order chi connectivity index (χ0) is 11.2. The number of rotatable bonds is 5. The second kappa shape index (κ2) is 5.88. The zero-order valence-corrected chi connectivity index (χ0v) is 9.80. The summed E-state index contributed by atoms with van der Waals surface area (Å²) in [4.78, 5) is 0. The van der Waals surface area contributed by atoms with Crippen LogP contribution in [0.2, 0.25) is 0 Å². The molecule has 0 aromatic rings. The highest BCUT2D eigenvalue weighted by Crippen LogP contribution is 2.28. The van der Waals surface area contributed by atoms with Gasteiger partial charge in [-0.15, -0.1) is 6.42 Å². The molecule has 1 N–H and O–H groups in total. The molecule has 0 aromatic carbocycles. The Kier molecular flexibility index (Phi) is 5.57. The van der Waals surface area contributed by atoms with E-state index in [9.17, 15) is 5.11 Å². The quantitative estimate of drug-likeness (QED) is 0.526. The first-order valence-electron chi connectivity index (χ1n) is 5.15. The number of allylic oxidation sites excluding steroid dienone is 2. The molecular formula is C13H22O. The van der Waals surface area contributed by atoms with E-state index in [2.05, 4.69) is 39.7 Å². The maximum absolute atomic E-state index is 9.35. The van der Waals surface area contributed by atoms with Crippen LogP contribution >= 0.6 is 0 Å². The van der Waals surface area contributed by atoms with Crippen LogP contribution < -0.4 is 0 Å². The molecule has 0 heterocycles. The summed E-state index contributed by atoms with van der Waals surface area (Å²) in [5.74, 6) is 2.36. The Labute approximate surface area is 88.2 Å². The van der Waals surface area contributed by atoms with Crippen molar-refractivity contribution in [2.75, 3.05) is 0 Å². The van der Waals surface area contributed by atoms with E-state index in [0.29, 0.717) is 6.42 Å². The third kappa shape index (κ3) is 6.74. The molecule has 1 nitrogen and oxygen atoms in total. The Morgan fingerprint density at radius 3 is 2.50 bits per heavy atom. The second-order valence-corrected chi connectivity index (χ2v) is 4.87. The summed E-state index contributed by atoms with van der Waals surface area (Å²) < 4.78 is 0. The minimum absolute atomic E-state index is 0.123. The van der Waals surface area contributed by atoms with Crippen molar-refractivity contribution in [3.63, 3.8) is 0 Å². The van der Waals surface area contributed by atoms with E-state index in [0.717, 1.165) is 12.8 Å². The maximum atomic E-state index is 9.35. The van der Waals surface area contributed by atoms with Gasteiger partial charge in [-0.3, -0.25) is 0 Å². The van der Waals surface area contributed by atoms with Crippen LogP contribution in [0.5, 0.6) is 0 Å². The summed E-state index contributed by atoms with van der Waals surface area (Å²) in [6, 6.07) is 0. The third-order valence-electron chi connectivity index (χ3n) is 2.31. The van der Waals surface area contributed by atoms with Crippen LogP contribution in [0.3, 0.4) is 0 Å². The normalized spacial score (nSPS) is 13.1. The van der Waals surface area contributed by atoms with Gasteiger partial charge in [0.2, 0.25) is 0 Å². The van der Waals surface area contributed by atoms with E-state index in [-0.39, 0.29) is 5.41 Å². The topological polar surface area (TPSA) is 20.2 Å². The van der Waals surface area contributed by atoms with Crippen molar-refractivity contribution in [2.45, 2.75) is 53.1 Å². The van der Waals surface area contributed by atoms with Gasteiger partial charge < -0.3 is 5.11 Å². The molecule has 1 heteroatoms. The predicted octanol–water partition coefficient (Wildman–Crippen LogP) is 3.14. The van der Waals surface area contributed by atoms with Crippen LogP contribution in [0.4, 0.5) is 0 Å². The Morgan fingerprint density at radius 2 is 2.07 bits per heavy atom. The summed E-state index contributed by atoms with van der Waals surface area (Å²) in [5.41, 5.74) is 1.47. The Morgan fingerprint density at radius 1 is 1.50 bits per heavy atom. The molecule has 80 valence electrons. The van der Waals surface area contributed by atoms with Crippen LogP contribution in [-0.4, -0.2) is 11.2 Å². The fourth-order valence-electron chi connectivity index (χ4n) is 1.44. The van der Waals surface area contributed by atoms with Crippen molar-refractivity contribution in [1.29, 1.82) is 0 Å². The van der Waals surface area contributed by atoms with E-state index >= 15 is 0 Å². The highest BCUT2D eigenvalue weighted by molar-refractivity contribution is 4.97. The average molecular weight is 194 g/mol. The number of aliphatic hydroxyl groups is 1. The molecule has 14 heavy (non-hydrogen) atoms. The number of hydrogen-bond donors (Lipinski definition) is 1. The molecule has 0 aliphatic carbocycles. The number of terminal acetylenes is 1. The van der Waals surface area contributed by atoms with Gasteiger partial charge in [0.15, 0.2) is 0 Å². The van der Waals surface area contributed by atoms with Gasteiger partial charge in [-0.2, -0.15) is 0 Å². The summed E-state index contributed by atoms with van der Waals surface area (Å²) in [7, 11) is 0. The van der Waals surface area contributed by atoms with Gasteiger partial charge in [0.05, 0.1) is 0 Å². The van der Waals surface area contributed by atoms with Crippen molar-refractivity contribution in [3.8, 4) is 12.3 Å². The molecule has 0 fully saturated rings. The summed E-state index contributed by atoms with van der Waals surface area (Å²) >= 11 is 0. The van der Waals surface area contributed by atoms with E-state index < -0.39 is 6.10 Å². The van der Waals surface area contributed by atoms with Crippen LogP contribution in [0.1, 0.15) is 47.0 Å². The van der Waals surface area contributed by atoms with Gasteiger partial charge in [0.25, 0.3) is 0 Å². The Balaban J connectivity index is 3.96. The first-order valence-corrected chi connectivity index (χ1v) is 5.15. The fourth-order valence-corrected chi connectivity index (χ4v) is 1.44. The maximum Gasteiger partial charge on any atom is 0.115 e. The summed E-state index contributed by atoms with van der Waals surface area (Å²) in [6.07, 6.45) is 9.58. The fraction of sp³-hybridized carbons (Fsp3) is 0.692. The van der Waals surface area contributed by atoms with Gasteiger partial charge >= 0.3 is 0 Å². The molecule has 0 spiro atoms. The molecule has 0 saturated carbocycles. The Hall–Kier alpha value is -0.740. The lowest BCUT2D eigenvalue weighted by Gasteiger charge is -2.25. The van der Waals surface area contributed by atoms with Crippen molar-refractivity contribution < 1.29 is 5.11 Å². The molecule has 0 aliphatic rings. The lowest BCUT2D eigenvalue weighted by molar-refractivity contribution is 0.154. The molecule has 0 amide bonds. The highest BCUT2D eigenvalue weighted by Gasteiger charge is 2.20. The second-order valence-electron chi connectivity index (χ2n) is 4.87. The van der Waals surface area contributed by atoms with Crippen LogP contribution in [0.25, 0.3) is 0 Å². The molecule has 0 saturated heterocycles. The molecule has 0 rings (SSSR count). The van der Waals surface area contributed by atoms with Gasteiger partial charge in [0, 0.05) is 0 Å². The van der Waals surface area contributed by atoms with Gasteiger partial charge in [0.1, 0.15) is 6.10 Å². The smallest absolute Gasteiger partial charge is 0.115 e. The van der Waals surface area contributed by atoms with Crippen LogP contribution in [0, 0.1) is 17.8 Å². The third-order valence-corrected chi connectivity index (χ3v) is 2.31. The largest absolute Gasteiger partial charge is 0.380 e. The molecule has 0 aromatic heterocycles. The SMILES string of the molecule is C#CC(O)CC(C)(C)CCC=C(C)C. The zero-order valence-electron chi connectivity index (χ0n) is 9.80. The minimum atomic E-state index is -0.600. The lowest BCUT2D eigenvalue weighted by atomic mass is 9.82. The minimum Gasteiger partial charge on any atom is -0.380 e. The molecule has 1 unspecified atom stereocenters. The van der Waals surface area contributed by atoms with Gasteiger partial charge in [-0.1, -0.05) is 31.4 Å². The van der Waals surface area contributed by atoms with Crippen LogP contribution in [-0.2, 0) is 0 Å². The van der Waals surface area contributed by atoms with Crippen molar-refractivity contribution in [1.82, 2.24) is 0 Å². The van der Waals surface area contributed by atoms with Gasteiger partial charge in [-0.05, 0) is 38.5 Å². The molecular weight excluding hydrogens is 172 g/mol. The van der Waals surface area contributed by atoms with E-state index in [1.807, 2.05) is 0 Å². The summed E-state index contributed by atoms with van der Waals surface area (Å²) in [5, 5.41) is 9.35. The first-order chi connectivity index (χ1) is 6.37. The monoisotopic (exact) mass is 194 g/mol.